The molecule has 0 atom stereocenters. The van der Waals surface area contributed by atoms with Crippen LogP contribution >= 0.6 is 0 Å². The van der Waals surface area contributed by atoms with Gasteiger partial charge in [-0.2, -0.15) is 26.3 Å². The standard InChI is InChI=1S/C19H14F7NO3/c20-13-6-4-11(5-7-13)12-2-1-3-14(8-12)29-15-9-27(10-15)17(28)30-16(18(21,22)23)19(24,25)26/h1-8,15-16H,9-10H2. The van der Waals surface area contributed by atoms with Gasteiger partial charge in [0.15, 0.2) is 0 Å². The number of nitrogens with zero attached hydrogens (tertiary/aromatic N) is 1. The summed E-state index contributed by atoms with van der Waals surface area (Å²) in [6.07, 6.45) is -18.1. The van der Waals surface area contributed by atoms with Crippen LogP contribution in [0.1, 0.15) is 0 Å². The van der Waals surface area contributed by atoms with E-state index in [1.807, 2.05) is 0 Å². The average Bonchev–Trinajstić information content (AvgIpc) is 2.61. The Kier molecular flexibility index (Phi) is 5.82. The Labute approximate surface area is 165 Å². The smallest absolute Gasteiger partial charge is 0.434 e. The van der Waals surface area contributed by atoms with Crippen molar-refractivity contribution in [3.8, 4) is 16.9 Å². The normalized spacial score (nSPS) is 15.1. The lowest BCUT2D eigenvalue weighted by molar-refractivity contribution is -0.309. The minimum Gasteiger partial charge on any atom is -0.487 e. The summed E-state index contributed by atoms with van der Waals surface area (Å²) in [6, 6.07) is 12.3. The monoisotopic (exact) mass is 437 g/mol. The molecule has 0 aromatic heterocycles. The number of likely N-dealkylation sites (tertiary alicyclic amines) is 1. The molecule has 3 rings (SSSR count). The lowest BCUT2D eigenvalue weighted by atomic mass is 10.1. The number of carbonyl (C=O) groups excluding carboxylic acids is 1. The molecule has 11 heteroatoms. The molecule has 0 unspecified atom stereocenters. The second kappa shape index (κ2) is 8.04. The quantitative estimate of drug-likeness (QED) is 0.619. The second-order valence-electron chi connectivity index (χ2n) is 6.53. The lowest BCUT2D eigenvalue weighted by Gasteiger charge is -2.39. The predicted molar refractivity (Wildman–Crippen MR) is 90.2 cm³/mol. The summed E-state index contributed by atoms with van der Waals surface area (Å²) in [4.78, 5) is 12.3. The Bertz CT molecular complexity index is 876. The Morgan fingerprint density at radius 1 is 0.933 bits per heavy atom. The summed E-state index contributed by atoms with van der Waals surface area (Å²) in [7, 11) is 0. The van der Waals surface area contributed by atoms with Crippen molar-refractivity contribution in [3.63, 3.8) is 0 Å². The first-order valence-corrected chi connectivity index (χ1v) is 8.55. The first kappa shape index (κ1) is 21.7. The molecule has 1 aliphatic rings. The van der Waals surface area contributed by atoms with E-state index in [4.69, 9.17) is 4.74 Å². The molecule has 1 amide bonds. The van der Waals surface area contributed by atoms with Gasteiger partial charge in [-0.15, -0.1) is 0 Å². The number of alkyl halides is 6. The minimum absolute atomic E-state index is 0.234. The Balaban J connectivity index is 1.56. The van der Waals surface area contributed by atoms with Crippen molar-refractivity contribution in [3.05, 3.63) is 54.3 Å². The van der Waals surface area contributed by atoms with E-state index in [1.165, 1.54) is 12.1 Å². The highest BCUT2D eigenvalue weighted by molar-refractivity contribution is 5.69. The zero-order valence-electron chi connectivity index (χ0n) is 15.0. The van der Waals surface area contributed by atoms with Crippen molar-refractivity contribution >= 4 is 6.09 Å². The maximum atomic E-state index is 13.0. The predicted octanol–water partition coefficient (Wildman–Crippen LogP) is 5.19. The molecule has 0 spiro atoms. The van der Waals surface area contributed by atoms with Crippen molar-refractivity contribution in [2.45, 2.75) is 24.6 Å². The van der Waals surface area contributed by atoms with E-state index in [1.54, 1.807) is 36.4 Å². The van der Waals surface area contributed by atoms with Crippen LogP contribution in [0.3, 0.4) is 0 Å². The van der Waals surface area contributed by atoms with Crippen LogP contribution in [-0.4, -0.2) is 48.6 Å². The number of amides is 1. The Morgan fingerprint density at radius 3 is 2.10 bits per heavy atom. The van der Waals surface area contributed by atoms with Gasteiger partial charge in [0.25, 0.3) is 6.10 Å². The number of carbonyl (C=O) groups is 1. The van der Waals surface area contributed by atoms with E-state index >= 15 is 0 Å². The zero-order valence-corrected chi connectivity index (χ0v) is 15.0. The molecule has 0 bridgehead atoms. The topological polar surface area (TPSA) is 38.8 Å². The maximum Gasteiger partial charge on any atom is 0.434 e. The van der Waals surface area contributed by atoms with Crippen molar-refractivity contribution in [1.29, 1.82) is 0 Å². The number of hydrogen-bond donors (Lipinski definition) is 0. The molecule has 0 saturated carbocycles. The third-order valence-electron chi connectivity index (χ3n) is 4.23. The first-order valence-electron chi connectivity index (χ1n) is 8.55. The van der Waals surface area contributed by atoms with E-state index in [2.05, 4.69) is 4.74 Å². The number of halogens is 7. The molecular formula is C19H14F7NO3. The zero-order chi connectivity index (χ0) is 22.1. The fourth-order valence-electron chi connectivity index (χ4n) is 2.74. The van der Waals surface area contributed by atoms with E-state index < -0.39 is 36.5 Å². The summed E-state index contributed by atoms with van der Waals surface area (Å²) in [6.45, 7) is -0.468. The Hall–Kier alpha value is -2.98. The van der Waals surface area contributed by atoms with Gasteiger partial charge < -0.3 is 14.4 Å². The number of rotatable bonds is 4. The van der Waals surface area contributed by atoms with E-state index in [0.29, 0.717) is 21.8 Å². The van der Waals surface area contributed by atoms with Crippen LogP contribution < -0.4 is 4.74 Å². The van der Waals surface area contributed by atoms with Crippen LogP contribution in [0.25, 0.3) is 11.1 Å². The molecule has 0 N–H and O–H groups in total. The molecule has 1 saturated heterocycles. The van der Waals surface area contributed by atoms with Crippen molar-refractivity contribution in [2.75, 3.05) is 13.1 Å². The minimum atomic E-state index is -5.77. The summed E-state index contributed by atoms with van der Waals surface area (Å²) < 4.78 is 97.0. The van der Waals surface area contributed by atoms with Crippen molar-refractivity contribution in [1.82, 2.24) is 4.90 Å². The molecule has 1 aliphatic heterocycles. The van der Waals surface area contributed by atoms with Gasteiger partial charge in [-0.05, 0) is 35.4 Å². The molecular weight excluding hydrogens is 423 g/mol. The molecule has 30 heavy (non-hydrogen) atoms. The van der Waals surface area contributed by atoms with Gasteiger partial charge in [0.05, 0.1) is 13.1 Å². The van der Waals surface area contributed by atoms with Gasteiger partial charge in [-0.25, -0.2) is 9.18 Å². The van der Waals surface area contributed by atoms with Crippen LogP contribution in [0.2, 0.25) is 0 Å². The summed E-state index contributed by atoms with van der Waals surface area (Å²) >= 11 is 0. The van der Waals surface area contributed by atoms with Gasteiger partial charge in [0.1, 0.15) is 17.7 Å². The number of hydrogen-bond acceptors (Lipinski definition) is 3. The Morgan fingerprint density at radius 2 is 1.53 bits per heavy atom. The highest BCUT2D eigenvalue weighted by Gasteiger charge is 2.60. The first-order chi connectivity index (χ1) is 13.9. The average molecular weight is 437 g/mol. The summed E-state index contributed by atoms with van der Waals surface area (Å²) in [5.74, 6) is -0.0239. The van der Waals surface area contributed by atoms with E-state index in [0.717, 1.165) is 0 Å². The van der Waals surface area contributed by atoms with Gasteiger partial charge in [0.2, 0.25) is 0 Å². The fourth-order valence-corrected chi connectivity index (χ4v) is 2.74. The molecule has 2 aromatic rings. The highest BCUT2D eigenvalue weighted by atomic mass is 19.4. The molecule has 4 nitrogen and oxygen atoms in total. The van der Waals surface area contributed by atoms with Gasteiger partial charge in [-0.3, -0.25) is 0 Å². The lowest BCUT2D eigenvalue weighted by Crippen LogP contribution is -2.58. The van der Waals surface area contributed by atoms with E-state index in [9.17, 15) is 35.5 Å². The SMILES string of the molecule is O=C(OC(C(F)(F)F)C(F)(F)F)N1CC(Oc2cccc(-c3ccc(F)cc3)c2)C1. The fraction of sp³-hybridized carbons (Fsp3) is 0.316. The van der Waals surface area contributed by atoms with E-state index in [-0.39, 0.29) is 13.1 Å². The molecule has 1 heterocycles. The highest BCUT2D eigenvalue weighted by Crippen LogP contribution is 2.36. The van der Waals surface area contributed by atoms with Gasteiger partial charge in [0, 0.05) is 0 Å². The van der Waals surface area contributed by atoms with Gasteiger partial charge >= 0.3 is 18.4 Å². The van der Waals surface area contributed by atoms with Crippen molar-refractivity contribution in [2.24, 2.45) is 0 Å². The number of ether oxygens (including phenoxy) is 2. The van der Waals surface area contributed by atoms with Crippen LogP contribution in [-0.2, 0) is 4.74 Å². The summed E-state index contributed by atoms with van der Waals surface area (Å²) in [5.41, 5.74) is 1.42. The molecule has 1 fully saturated rings. The third-order valence-corrected chi connectivity index (χ3v) is 4.23. The largest absolute Gasteiger partial charge is 0.487 e. The van der Waals surface area contributed by atoms with Crippen LogP contribution in [0.4, 0.5) is 35.5 Å². The van der Waals surface area contributed by atoms with Crippen LogP contribution in [0.5, 0.6) is 5.75 Å². The third kappa shape index (κ3) is 5.14. The molecule has 0 aliphatic carbocycles. The second-order valence-corrected chi connectivity index (χ2v) is 6.53. The summed E-state index contributed by atoms with van der Waals surface area (Å²) in [5, 5.41) is 0. The van der Waals surface area contributed by atoms with Crippen LogP contribution in [0.15, 0.2) is 48.5 Å². The van der Waals surface area contributed by atoms with Crippen LogP contribution in [0, 0.1) is 5.82 Å². The molecule has 2 aromatic carbocycles. The number of benzene rings is 2. The van der Waals surface area contributed by atoms with Gasteiger partial charge in [-0.1, -0.05) is 24.3 Å². The molecule has 162 valence electrons. The maximum absolute atomic E-state index is 13.0. The van der Waals surface area contributed by atoms with Crippen molar-refractivity contribution < 1.29 is 45.0 Å². The molecule has 0 radical (unpaired) electrons.